The second kappa shape index (κ2) is 8.58. The summed E-state index contributed by atoms with van der Waals surface area (Å²) in [6.45, 7) is 0.320. The molecule has 112 valence electrons. The Balaban J connectivity index is 2.96. The molecule has 8 heteroatoms. The summed E-state index contributed by atoms with van der Waals surface area (Å²) < 4.78 is 20.7. The van der Waals surface area contributed by atoms with Crippen LogP contribution < -0.4 is 25.0 Å². The normalized spacial score (nSPS) is 10.0. The lowest BCUT2D eigenvalue weighted by atomic mass is 10.1. The number of nitrogens with one attached hydrogen (secondary N) is 2. The summed E-state index contributed by atoms with van der Waals surface area (Å²) in [5.74, 6) is 1.42. The molecule has 1 atom stereocenters. The lowest BCUT2D eigenvalue weighted by Crippen LogP contribution is -2.24. The van der Waals surface area contributed by atoms with Crippen LogP contribution in [0.2, 0.25) is 0 Å². The maximum absolute atomic E-state index is 11.2. The highest BCUT2D eigenvalue weighted by Crippen LogP contribution is 2.34. The van der Waals surface area contributed by atoms with Gasteiger partial charge in [-0.05, 0) is 0 Å². The molecule has 0 aliphatic rings. The van der Waals surface area contributed by atoms with Crippen LogP contribution in [-0.4, -0.2) is 33.8 Å². The Morgan fingerprint density at radius 3 is 2.30 bits per heavy atom. The van der Waals surface area contributed by atoms with E-state index in [1.165, 1.54) is 0 Å². The summed E-state index contributed by atoms with van der Waals surface area (Å²) in [4.78, 5) is 11.2. The molecule has 0 radical (unpaired) electrons. The largest absolute Gasteiger partial charge is 0.496 e. The fraction of sp³-hybridized carbons (Fsp3) is 0.417. The number of carbonyl (C=O) groups excluding carboxylic acids is 1. The number of hydroxylamine groups is 1. The molecule has 0 spiro atoms. The average Bonchev–Trinajstić information content (AvgIpc) is 2.49. The maximum atomic E-state index is 11.2. The Kier molecular flexibility index (Phi) is 7.08. The number of methoxy groups -OCH3 is 2. The molecule has 7 nitrogen and oxygen atoms in total. The topological polar surface area (TPSA) is 78.1 Å². The van der Waals surface area contributed by atoms with Crippen molar-refractivity contribution in [3.8, 4) is 17.2 Å². The molecule has 1 aromatic rings. The molecule has 0 aliphatic carbocycles. The van der Waals surface area contributed by atoms with Crippen LogP contribution in [-0.2, 0) is 16.0 Å². The molecule has 2 N–H and O–H groups in total. The van der Waals surface area contributed by atoms with Crippen LogP contribution in [0.1, 0.15) is 5.56 Å². The molecule has 0 heterocycles. The first-order valence-corrected chi connectivity index (χ1v) is 6.30. The first-order valence-electron chi connectivity index (χ1n) is 5.83. The van der Waals surface area contributed by atoms with Gasteiger partial charge in [-0.3, -0.25) is 9.42 Å². The fourth-order valence-electron chi connectivity index (χ4n) is 1.55. The van der Waals surface area contributed by atoms with Crippen molar-refractivity contribution in [2.24, 2.45) is 0 Å². The number of carbonyl (C=O) groups is 1. The van der Waals surface area contributed by atoms with Crippen LogP contribution in [0.15, 0.2) is 12.1 Å². The second-order valence-electron chi connectivity index (χ2n) is 3.71. The van der Waals surface area contributed by atoms with Crippen LogP contribution in [0.4, 0.5) is 0 Å². The van der Waals surface area contributed by atoms with Gasteiger partial charge in [-0.1, -0.05) is 0 Å². The third-order valence-corrected chi connectivity index (χ3v) is 2.73. The third-order valence-electron chi connectivity index (χ3n) is 2.56. The van der Waals surface area contributed by atoms with E-state index in [1.54, 1.807) is 33.4 Å². The minimum absolute atomic E-state index is 0.0743. The van der Waals surface area contributed by atoms with Crippen molar-refractivity contribution in [3.63, 3.8) is 0 Å². The highest BCUT2D eigenvalue weighted by molar-refractivity contribution is 7.09. The van der Waals surface area contributed by atoms with E-state index in [2.05, 4.69) is 20.3 Å². The van der Waals surface area contributed by atoms with Gasteiger partial charge in [0.25, 0.3) is 5.91 Å². The zero-order chi connectivity index (χ0) is 15.0. The van der Waals surface area contributed by atoms with Crippen molar-refractivity contribution in [2.45, 2.75) is 6.54 Å². The van der Waals surface area contributed by atoms with Gasteiger partial charge in [0, 0.05) is 28.6 Å². The Hall–Kier alpha value is -1.56. The van der Waals surface area contributed by atoms with Gasteiger partial charge in [0.15, 0.2) is 6.61 Å². The molecule has 0 aromatic heterocycles. The summed E-state index contributed by atoms with van der Waals surface area (Å²) in [5.41, 5.74) is 3.47. The van der Waals surface area contributed by atoms with Crippen molar-refractivity contribution >= 4 is 15.4 Å². The predicted molar refractivity (Wildman–Crippen MR) is 76.7 cm³/mol. The van der Waals surface area contributed by atoms with E-state index in [9.17, 15) is 4.79 Å². The van der Waals surface area contributed by atoms with Crippen LogP contribution in [0.3, 0.4) is 0 Å². The summed E-state index contributed by atoms with van der Waals surface area (Å²) >= 11 is 0. The lowest BCUT2D eigenvalue weighted by Gasteiger charge is -2.15. The molecule has 1 aromatic carbocycles. The standard InChI is InChI=1S/C12H19N2O5P/c1-13-12(15)7-18-8-4-10(16-2)9(6-14-19-20)11(5-8)17-3/h4-5,14H,6-7,20H2,1-3H3,(H,13,15). The van der Waals surface area contributed by atoms with E-state index in [-0.39, 0.29) is 12.5 Å². The van der Waals surface area contributed by atoms with Gasteiger partial charge in [0.1, 0.15) is 17.2 Å². The molecule has 0 aliphatic heterocycles. The number of hydrogen-bond acceptors (Lipinski definition) is 6. The minimum atomic E-state index is -0.218. The predicted octanol–water partition coefficient (Wildman–Crippen LogP) is 0.640. The Bertz CT molecular complexity index is 430. The summed E-state index contributed by atoms with van der Waals surface area (Å²) in [6.07, 6.45) is 0. The van der Waals surface area contributed by atoms with Crippen LogP contribution >= 0.6 is 9.47 Å². The molecule has 1 rings (SSSR count). The van der Waals surface area contributed by atoms with Gasteiger partial charge in [-0.15, -0.1) is 0 Å². The number of amides is 1. The van der Waals surface area contributed by atoms with Crippen molar-refractivity contribution in [1.29, 1.82) is 0 Å². The van der Waals surface area contributed by atoms with E-state index >= 15 is 0 Å². The van der Waals surface area contributed by atoms with E-state index in [0.717, 1.165) is 5.56 Å². The highest BCUT2D eigenvalue weighted by Gasteiger charge is 2.13. The molecule has 1 unspecified atom stereocenters. The second-order valence-corrected chi connectivity index (χ2v) is 3.94. The van der Waals surface area contributed by atoms with Crippen LogP contribution in [0, 0.1) is 0 Å². The first-order chi connectivity index (χ1) is 9.65. The summed E-state index contributed by atoms with van der Waals surface area (Å²) in [5, 5.41) is 2.48. The minimum Gasteiger partial charge on any atom is -0.496 e. The summed E-state index contributed by atoms with van der Waals surface area (Å²) in [7, 11) is 6.73. The zero-order valence-corrected chi connectivity index (χ0v) is 12.8. The van der Waals surface area contributed by atoms with Crippen molar-refractivity contribution in [3.05, 3.63) is 17.7 Å². The fourth-order valence-corrected chi connectivity index (χ4v) is 1.64. The van der Waals surface area contributed by atoms with E-state index in [1.807, 2.05) is 0 Å². The molecule has 20 heavy (non-hydrogen) atoms. The van der Waals surface area contributed by atoms with Crippen molar-refractivity contribution in [2.75, 3.05) is 27.9 Å². The third kappa shape index (κ3) is 4.52. The number of hydrogen-bond donors (Lipinski definition) is 2. The van der Waals surface area contributed by atoms with E-state index in [0.29, 0.717) is 23.8 Å². The number of likely N-dealkylation sites (N-methyl/N-ethyl adjacent to an activating group) is 1. The molecule has 0 bridgehead atoms. The van der Waals surface area contributed by atoms with Gasteiger partial charge >= 0.3 is 0 Å². The first kappa shape index (κ1) is 16.5. The molecule has 0 fully saturated rings. The van der Waals surface area contributed by atoms with Gasteiger partial charge < -0.3 is 19.5 Å². The monoisotopic (exact) mass is 302 g/mol. The van der Waals surface area contributed by atoms with Gasteiger partial charge in [-0.25, -0.2) is 0 Å². The zero-order valence-electron chi connectivity index (χ0n) is 11.7. The maximum Gasteiger partial charge on any atom is 0.257 e. The lowest BCUT2D eigenvalue weighted by molar-refractivity contribution is -0.122. The van der Waals surface area contributed by atoms with Gasteiger partial charge in [0.2, 0.25) is 0 Å². The number of benzene rings is 1. The van der Waals surface area contributed by atoms with Crippen LogP contribution in [0.5, 0.6) is 17.2 Å². The van der Waals surface area contributed by atoms with Gasteiger partial charge in [-0.2, -0.15) is 5.48 Å². The molecular weight excluding hydrogens is 283 g/mol. The molecule has 1 amide bonds. The van der Waals surface area contributed by atoms with Crippen molar-refractivity contribution < 1.29 is 23.6 Å². The smallest absolute Gasteiger partial charge is 0.257 e. The Morgan fingerprint density at radius 2 is 1.85 bits per heavy atom. The SMILES string of the molecule is CNC(=O)COc1cc(OC)c(CNOP)c(OC)c1. The van der Waals surface area contributed by atoms with E-state index in [4.69, 9.17) is 18.8 Å². The van der Waals surface area contributed by atoms with Crippen molar-refractivity contribution in [1.82, 2.24) is 10.8 Å². The Morgan fingerprint density at radius 1 is 1.25 bits per heavy atom. The highest BCUT2D eigenvalue weighted by atomic mass is 31.0. The quantitative estimate of drug-likeness (QED) is 0.542. The molecular formula is C12H19N2O5P. The molecule has 0 saturated carbocycles. The Labute approximate surface area is 120 Å². The number of ether oxygens (including phenoxy) is 3. The van der Waals surface area contributed by atoms with Crippen LogP contribution in [0.25, 0.3) is 0 Å². The van der Waals surface area contributed by atoms with Gasteiger partial charge in [0.05, 0.1) is 26.3 Å². The number of rotatable bonds is 8. The average molecular weight is 302 g/mol. The van der Waals surface area contributed by atoms with E-state index < -0.39 is 0 Å². The molecule has 0 saturated heterocycles. The summed E-state index contributed by atoms with van der Waals surface area (Å²) in [6, 6.07) is 3.37.